The maximum absolute atomic E-state index is 12.6. The number of hydrogen-bond acceptors (Lipinski definition) is 6. The lowest BCUT2D eigenvalue weighted by molar-refractivity contribution is -0.110. The molecule has 0 spiro atoms. The highest BCUT2D eigenvalue weighted by molar-refractivity contribution is 6.48. The van der Waals surface area contributed by atoms with Crippen molar-refractivity contribution in [3.63, 3.8) is 0 Å². The highest BCUT2D eigenvalue weighted by Gasteiger charge is 2.17. The number of aromatic nitrogens is 2. The zero-order valence-corrected chi connectivity index (χ0v) is 18.1. The van der Waals surface area contributed by atoms with Gasteiger partial charge in [-0.25, -0.2) is 4.98 Å². The lowest BCUT2D eigenvalue weighted by Gasteiger charge is -2.14. The molecule has 8 nitrogen and oxygen atoms in total. The van der Waals surface area contributed by atoms with Crippen LogP contribution in [0.2, 0.25) is 0 Å². The molecule has 0 unspecified atom stereocenters. The third-order valence-corrected chi connectivity index (χ3v) is 5.12. The number of pyridine rings is 2. The van der Waals surface area contributed by atoms with E-state index in [2.05, 4.69) is 20.6 Å². The largest absolute Gasteiger partial charge is 0.398 e. The van der Waals surface area contributed by atoms with Crippen LogP contribution < -0.4 is 16.4 Å². The van der Waals surface area contributed by atoms with Crippen molar-refractivity contribution in [2.24, 2.45) is 0 Å². The third-order valence-electron chi connectivity index (χ3n) is 5.12. The van der Waals surface area contributed by atoms with Gasteiger partial charge in [-0.3, -0.25) is 20.0 Å². The number of rotatable bonds is 8. The molecule has 0 saturated heterocycles. The Labute approximate surface area is 186 Å². The Morgan fingerprint density at radius 1 is 1.06 bits per heavy atom. The van der Waals surface area contributed by atoms with Crippen molar-refractivity contribution in [1.82, 2.24) is 15.3 Å². The Morgan fingerprint density at radius 2 is 1.84 bits per heavy atom. The first kappa shape index (κ1) is 22.6. The van der Waals surface area contributed by atoms with Crippen molar-refractivity contribution in [3.05, 3.63) is 72.3 Å². The monoisotopic (exact) mass is 430 g/mol. The number of nitrogens with two attached hydrogens (primary N) is 1. The Bertz CT molecular complexity index is 1110. The zero-order valence-electron chi connectivity index (χ0n) is 18.1. The predicted octanol–water partition coefficient (Wildman–Crippen LogP) is 3.65. The first-order chi connectivity index (χ1) is 15.4. The van der Waals surface area contributed by atoms with Crippen molar-refractivity contribution in [2.75, 3.05) is 11.1 Å². The van der Waals surface area contributed by atoms with E-state index in [0.29, 0.717) is 16.9 Å². The molecule has 8 heteroatoms. The van der Waals surface area contributed by atoms with E-state index in [9.17, 15) is 9.59 Å². The molecule has 0 aliphatic rings. The van der Waals surface area contributed by atoms with Gasteiger partial charge < -0.3 is 16.4 Å². The lowest BCUT2D eigenvalue weighted by atomic mass is 10.00. The summed E-state index contributed by atoms with van der Waals surface area (Å²) in [4.78, 5) is 33.1. The molecule has 3 rings (SSSR count). The van der Waals surface area contributed by atoms with Gasteiger partial charge in [0.15, 0.2) is 0 Å². The van der Waals surface area contributed by atoms with Gasteiger partial charge in [-0.05, 0) is 48.7 Å². The van der Waals surface area contributed by atoms with Gasteiger partial charge in [0, 0.05) is 35.2 Å². The van der Waals surface area contributed by atoms with Gasteiger partial charge in [-0.1, -0.05) is 26.0 Å². The zero-order chi connectivity index (χ0) is 23.1. The van der Waals surface area contributed by atoms with Crippen LogP contribution in [-0.4, -0.2) is 33.5 Å². The molecule has 1 aromatic carbocycles. The summed E-state index contributed by atoms with van der Waals surface area (Å²) in [5, 5.41) is 13.9. The van der Waals surface area contributed by atoms with Crippen molar-refractivity contribution in [3.8, 4) is 11.1 Å². The Kier molecular flexibility index (Phi) is 7.28. The van der Waals surface area contributed by atoms with Crippen LogP contribution in [0.5, 0.6) is 0 Å². The molecule has 5 N–H and O–H groups in total. The average molecular weight is 431 g/mol. The summed E-state index contributed by atoms with van der Waals surface area (Å²) in [5.74, 6) is -0.889. The number of nitrogens with zero attached hydrogens (tertiary/aromatic N) is 2. The Morgan fingerprint density at radius 3 is 2.47 bits per heavy atom. The number of anilines is 2. The van der Waals surface area contributed by atoms with E-state index in [0.717, 1.165) is 24.0 Å². The molecule has 2 heterocycles. The van der Waals surface area contributed by atoms with E-state index in [1.807, 2.05) is 32.0 Å². The molecule has 32 heavy (non-hydrogen) atoms. The minimum Gasteiger partial charge on any atom is -0.398 e. The molecular weight excluding hydrogens is 404 g/mol. The number of nitrogens with one attached hydrogen (secondary N) is 3. The molecule has 0 radical (unpaired) electrons. The summed E-state index contributed by atoms with van der Waals surface area (Å²) in [7, 11) is 0. The summed E-state index contributed by atoms with van der Waals surface area (Å²) in [6.45, 7) is 4.02. The first-order valence-electron chi connectivity index (χ1n) is 10.4. The van der Waals surface area contributed by atoms with Crippen molar-refractivity contribution in [2.45, 2.75) is 32.7 Å². The van der Waals surface area contributed by atoms with Crippen LogP contribution in [0, 0.1) is 5.41 Å². The molecule has 0 saturated carbocycles. The Hall–Kier alpha value is -4.07. The van der Waals surface area contributed by atoms with E-state index < -0.39 is 5.91 Å². The van der Waals surface area contributed by atoms with Crippen LogP contribution in [0.25, 0.3) is 11.1 Å². The molecule has 2 aromatic heterocycles. The summed E-state index contributed by atoms with van der Waals surface area (Å²) < 4.78 is 0. The fraction of sp³-hybridized carbons (Fsp3) is 0.208. The van der Waals surface area contributed by atoms with Crippen LogP contribution in [0.1, 0.15) is 42.7 Å². The van der Waals surface area contributed by atoms with Crippen molar-refractivity contribution < 1.29 is 9.59 Å². The standard InChI is InChI=1S/C24H26N6O2/c1-3-17(4-2)29-23(31)21-10-8-18(14-28-21)30-24(32)22(26)19-12-15(7-9-20(19)25)16-6-5-11-27-13-16/h5-14,17,26H,3-4,25H2,1-2H3,(H,29,31)(H,30,32). The predicted molar refractivity (Wildman–Crippen MR) is 126 cm³/mol. The van der Waals surface area contributed by atoms with Crippen LogP contribution in [-0.2, 0) is 4.79 Å². The highest BCUT2D eigenvalue weighted by atomic mass is 16.2. The van der Waals surface area contributed by atoms with Crippen LogP contribution >= 0.6 is 0 Å². The molecule has 0 aliphatic heterocycles. The second-order valence-electron chi connectivity index (χ2n) is 7.29. The van der Waals surface area contributed by atoms with Gasteiger partial charge in [0.2, 0.25) is 0 Å². The summed E-state index contributed by atoms with van der Waals surface area (Å²) in [5.41, 5.74) is 8.68. The highest BCUT2D eigenvalue weighted by Crippen LogP contribution is 2.24. The number of amides is 2. The second kappa shape index (κ2) is 10.3. The van der Waals surface area contributed by atoms with E-state index in [1.165, 1.54) is 12.3 Å². The van der Waals surface area contributed by atoms with Crippen LogP contribution in [0.3, 0.4) is 0 Å². The van der Waals surface area contributed by atoms with E-state index in [1.54, 1.807) is 30.6 Å². The number of carbonyl (C=O) groups is 2. The number of benzene rings is 1. The lowest BCUT2D eigenvalue weighted by Crippen LogP contribution is -2.34. The molecule has 0 fully saturated rings. The van der Waals surface area contributed by atoms with Crippen LogP contribution in [0.15, 0.2) is 61.1 Å². The van der Waals surface area contributed by atoms with Gasteiger partial charge in [0.25, 0.3) is 11.8 Å². The van der Waals surface area contributed by atoms with Gasteiger partial charge >= 0.3 is 0 Å². The fourth-order valence-corrected chi connectivity index (χ4v) is 3.16. The third kappa shape index (κ3) is 5.34. The summed E-state index contributed by atoms with van der Waals surface area (Å²) >= 11 is 0. The average Bonchev–Trinajstić information content (AvgIpc) is 2.83. The molecule has 2 amide bonds. The minimum absolute atomic E-state index is 0.0945. The Balaban J connectivity index is 1.71. The van der Waals surface area contributed by atoms with E-state index in [-0.39, 0.29) is 23.4 Å². The normalized spacial score (nSPS) is 10.6. The van der Waals surface area contributed by atoms with Crippen molar-refractivity contribution in [1.29, 1.82) is 5.41 Å². The maximum atomic E-state index is 12.6. The topological polar surface area (TPSA) is 134 Å². The second-order valence-corrected chi connectivity index (χ2v) is 7.29. The molecule has 164 valence electrons. The van der Waals surface area contributed by atoms with Crippen LogP contribution in [0.4, 0.5) is 11.4 Å². The fourth-order valence-electron chi connectivity index (χ4n) is 3.16. The number of hydrogen-bond donors (Lipinski definition) is 4. The summed E-state index contributed by atoms with van der Waals surface area (Å²) in [6, 6.07) is 12.1. The minimum atomic E-state index is -0.629. The van der Waals surface area contributed by atoms with E-state index >= 15 is 0 Å². The quantitative estimate of drug-likeness (QED) is 0.320. The maximum Gasteiger partial charge on any atom is 0.274 e. The SMILES string of the molecule is CCC(CC)NC(=O)c1ccc(NC(=O)C(=N)c2cc(-c3cccnc3)ccc2N)cn1. The number of carbonyl (C=O) groups excluding carboxylic acids is 2. The molecule has 0 bridgehead atoms. The first-order valence-corrected chi connectivity index (χ1v) is 10.4. The molecule has 0 aliphatic carbocycles. The molecule has 3 aromatic rings. The van der Waals surface area contributed by atoms with E-state index in [4.69, 9.17) is 11.1 Å². The number of nitrogen functional groups attached to an aromatic ring is 1. The van der Waals surface area contributed by atoms with Gasteiger partial charge in [-0.2, -0.15) is 0 Å². The summed E-state index contributed by atoms with van der Waals surface area (Å²) in [6.07, 6.45) is 6.44. The van der Waals surface area contributed by atoms with Crippen molar-refractivity contribution >= 4 is 28.9 Å². The molecular formula is C24H26N6O2. The smallest absolute Gasteiger partial charge is 0.274 e. The van der Waals surface area contributed by atoms with Gasteiger partial charge in [0.1, 0.15) is 11.4 Å². The van der Waals surface area contributed by atoms with Gasteiger partial charge in [-0.15, -0.1) is 0 Å². The van der Waals surface area contributed by atoms with Gasteiger partial charge in [0.05, 0.1) is 11.9 Å². The molecule has 0 atom stereocenters.